The van der Waals surface area contributed by atoms with Crippen LogP contribution in [-0.2, 0) is 0 Å². The molecule has 0 aliphatic heterocycles. The van der Waals surface area contributed by atoms with Crippen LogP contribution in [-0.4, -0.2) is 25.0 Å². The quantitative estimate of drug-likeness (QED) is 0.748. The highest BCUT2D eigenvalue weighted by molar-refractivity contribution is 5.71. The normalized spacial score (nSPS) is 31.7. The van der Waals surface area contributed by atoms with E-state index in [-0.39, 0.29) is 0 Å². The molecule has 1 heteroatoms. The van der Waals surface area contributed by atoms with Crippen LogP contribution in [0.5, 0.6) is 0 Å². The molecule has 1 saturated carbocycles. The molecule has 90 valence electrons. The lowest BCUT2D eigenvalue weighted by Gasteiger charge is -2.35. The molecule has 2 bridgehead atoms. The van der Waals surface area contributed by atoms with E-state index < -0.39 is 0 Å². The zero-order valence-electron chi connectivity index (χ0n) is 10.8. The van der Waals surface area contributed by atoms with Crippen molar-refractivity contribution in [3.63, 3.8) is 0 Å². The summed E-state index contributed by atoms with van der Waals surface area (Å²) in [7, 11) is 4.44. The number of likely N-dealkylation sites (N-methyl/N-ethyl adjacent to an activating group) is 1. The first kappa shape index (κ1) is 11.0. The highest BCUT2D eigenvalue weighted by Gasteiger charge is 2.37. The van der Waals surface area contributed by atoms with Gasteiger partial charge in [0.2, 0.25) is 0 Å². The molecule has 1 aromatic carbocycles. The van der Waals surface area contributed by atoms with Gasteiger partial charge >= 0.3 is 0 Å². The van der Waals surface area contributed by atoms with Crippen LogP contribution in [0.3, 0.4) is 0 Å². The molecule has 0 saturated heterocycles. The number of benzene rings is 1. The summed E-state index contributed by atoms with van der Waals surface area (Å²) in [5, 5.41) is 0. The summed E-state index contributed by atoms with van der Waals surface area (Å²) in [6.45, 7) is 0. The molecule has 1 nitrogen and oxygen atoms in total. The van der Waals surface area contributed by atoms with E-state index >= 15 is 0 Å². The van der Waals surface area contributed by atoms with Crippen LogP contribution < -0.4 is 0 Å². The molecule has 2 aliphatic rings. The second-order valence-corrected chi connectivity index (χ2v) is 5.73. The van der Waals surface area contributed by atoms with E-state index in [4.69, 9.17) is 0 Å². The molecule has 0 radical (unpaired) electrons. The van der Waals surface area contributed by atoms with Crippen molar-refractivity contribution in [1.29, 1.82) is 0 Å². The van der Waals surface area contributed by atoms with E-state index in [9.17, 15) is 0 Å². The molecule has 0 aromatic heterocycles. The molecule has 1 aromatic rings. The molecule has 0 amide bonds. The first-order valence-electron chi connectivity index (χ1n) is 6.69. The SMILES string of the molecule is CN(C)[C@@H]1C(c2ccccc2)=CC2CCC1C2. The van der Waals surface area contributed by atoms with Crippen LogP contribution in [0.2, 0.25) is 0 Å². The second-order valence-electron chi connectivity index (χ2n) is 5.73. The molecule has 0 heterocycles. The summed E-state index contributed by atoms with van der Waals surface area (Å²) in [4.78, 5) is 2.41. The fourth-order valence-corrected chi connectivity index (χ4v) is 3.69. The third kappa shape index (κ3) is 1.93. The fourth-order valence-electron chi connectivity index (χ4n) is 3.69. The van der Waals surface area contributed by atoms with Crippen molar-refractivity contribution in [2.24, 2.45) is 11.8 Å². The standard InChI is InChI=1S/C16H21N/c1-17(2)16-14-9-8-12(10-14)11-15(16)13-6-4-3-5-7-13/h3-7,11-12,14,16H,8-10H2,1-2H3/t12?,14?,16-/m0/s1. The summed E-state index contributed by atoms with van der Waals surface area (Å²) < 4.78 is 0. The maximum Gasteiger partial charge on any atom is 0.0373 e. The Balaban J connectivity index is 2.01. The number of hydrogen-bond donors (Lipinski definition) is 0. The van der Waals surface area contributed by atoms with Crippen molar-refractivity contribution in [2.45, 2.75) is 25.3 Å². The van der Waals surface area contributed by atoms with Gasteiger partial charge in [0.05, 0.1) is 0 Å². The highest BCUT2D eigenvalue weighted by Crippen LogP contribution is 2.45. The molecule has 0 N–H and O–H groups in total. The Bertz CT molecular complexity index is 418. The van der Waals surface area contributed by atoms with Gasteiger partial charge < -0.3 is 4.90 Å². The van der Waals surface area contributed by atoms with Gasteiger partial charge in [-0.3, -0.25) is 0 Å². The average molecular weight is 227 g/mol. The van der Waals surface area contributed by atoms with Gasteiger partial charge in [-0.05, 0) is 56.3 Å². The van der Waals surface area contributed by atoms with E-state index in [1.165, 1.54) is 24.8 Å². The summed E-state index contributed by atoms with van der Waals surface area (Å²) in [6, 6.07) is 11.5. The number of nitrogens with zero attached hydrogens (tertiary/aromatic N) is 1. The van der Waals surface area contributed by atoms with E-state index in [0.29, 0.717) is 6.04 Å². The van der Waals surface area contributed by atoms with Gasteiger partial charge in [0, 0.05) is 6.04 Å². The summed E-state index contributed by atoms with van der Waals surface area (Å²) >= 11 is 0. The number of rotatable bonds is 2. The Morgan fingerprint density at radius 3 is 2.53 bits per heavy atom. The highest BCUT2D eigenvalue weighted by atomic mass is 15.1. The van der Waals surface area contributed by atoms with Crippen LogP contribution in [0.4, 0.5) is 0 Å². The van der Waals surface area contributed by atoms with Gasteiger partial charge in [-0.25, -0.2) is 0 Å². The van der Waals surface area contributed by atoms with Crippen molar-refractivity contribution in [1.82, 2.24) is 4.90 Å². The molecule has 1 fully saturated rings. The third-order valence-electron chi connectivity index (χ3n) is 4.36. The van der Waals surface area contributed by atoms with Crippen molar-refractivity contribution in [2.75, 3.05) is 14.1 Å². The molecule has 3 rings (SSSR count). The van der Waals surface area contributed by atoms with Gasteiger partial charge in [-0.2, -0.15) is 0 Å². The minimum atomic E-state index is 0.621. The van der Waals surface area contributed by atoms with Crippen LogP contribution in [0.1, 0.15) is 24.8 Å². The summed E-state index contributed by atoms with van der Waals surface area (Å²) in [5.74, 6) is 1.71. The van der Waals surface area contributed by atoms with Gasteiger partial charge in [-0.15, -0.1) is 0 Å². The minimum absolute atomic E-state index is 0.621. The molecule has 2 aliphatic carbocycles. The monoisotopic (exact) mass is 227 g/mol. The van der Waals surface area contributed by atoms with E-state index in [2.05, 4.69) is 55.4 Å². The van der Waals surface area contributed by atoms with Gasteiger partial charge in [0.15, 0.2) is 0 Å². The van der Waals surface area contributed by atoms with Crippen LogP contribution >= 0.6 is 0 Å². The van der Waals surface area contributed by atoms with Gasteiger partial charge in [0.1, 0.15) is 0 Å². The smallest absolute Gasteiger partial charge is 0.0373 e. The largest absolute Gasteiger partial charge is 0.302 e. The lowest BCUT2D eigenvalue weighted by Crippen LogP contribution is -2.37. The van der Waals surface area contributed by atoms with Crippen LogP contribution in [0.25, 0.3) is 5.57 Å². The number of fused-ring (bicyclic) bond motifs is 2. The third-order valence-corrected chi connectivity index (χ3v) is 4.36. The number of allylic oxidation sites excluding steroid dienone is 1. The maximum absolute atomic E-state index is 2.55. The first-order valence-corrected chi connectivity index (χ1v) is 6.69. The van der Waals surface area contributed by atoms with Gasteiger partial charge in [0.25, 0.3) is 0 Å². The lowest BCUT2D eigenvalue weighted by atomic mass is 9.81. The lowest BCUT2D eigenvalue weighted by molar-refractivity contribution is 0.257. The van der Waals surface area contributed by atoms with Crippen molar-refractivity contribution in [3.05, 3.63) is 42.0 Å². The number of hydrogen-bond acceptors (Lipinski definition) is 1. The Labute approximate surface area is 104 Å². The van der Waals surface area contributed by atoms with E-state index in [1.54, 1.807) is 5.57 Å². The Morgan fingerprint density at radius 1 is 1.06 bits per heavy atom. The molecule has 2 unspecified atom stereocenters. The van der Waals surface area contributed by atoms with E-state index in [0.717, 1.165) is 11.8 Å². The molecule has 0 spiro atoms. The molecular formula is C16H21N. The average Bonchev–Trinajstić information content (AvgIpc) is 2.71. The topological polar surface area (TPSA) is 3.24 Å². The Hall–Kier alpha value is -1.08. The van der Waals surface area contributed by atoms with Gasteiger partial charge in [-0.1, -0.05) is 36.4 Å². The second kappa shape index (κ2) is 4.30. The van der Waals surface area contributed by atoms with Crippen molar-refractivity contribution < 1.29 is 0 Å². The van der Waals surface area contributed by atoms with Crippen LogP contribution in [0.15, 0.2) is 36.4 Å². The summed E-state index contributed by atoms with van der Waals surface area (Å²) in [6.07, 6.45) is 6.74. The predicted molar refractivity (Wildman–Crippen MR) is 72.7 cm³/mol. The first-order chi connectivity index (χ1) is 8.25. The van der Waals surface area contributed by atoms with Crippen molar-refractivity contribution in [3.8, 4) is 0 Å². The van der Waals surface area contributed by atoms with Crippen LogP contribution in [0, 0.1) is 11.8 Å². The van der Waals surface area contributed by atoms with Crippen molar-refractivity contribution >= 4 is 5.57 Å². The molecule has 17 heavy (non-hydrogen) atoms. The zero-order chi connectivity index (χ0) is 11.8. The zero-order valence-corrected chi connectivity index (χ0v) is 10.8. The minimum Gasteiger partial charge on any atom is -0.302 e. The maximum atomic E-state index is 2.55. The Kier molecular flexibility index (Phi) is 2.79. The Morgan fingerprint density at radius 2 is 1.82 bits per heavy atom. The molecule has 3 atom stereocenters. The molecular weight excluding hydrogens is 206 g/mol. The predicted octanol–water partition coefficient (Wildman–Crippen LogP) is 3.43. The fraction of sp³-hybridized carbons (Fsp3) is 0.500. The summed E-state index contributed by atoms with van der Waals surface area (Å²) in [5.41, 5.74) is 2.98. The van der Waals surface area contributed by atoms with E-state index in [1.807, 2.05) is 0 Å².